The third kappa shape index (κ3) is 5.48. The van der Waals surface area contributed by atoms with E-state index in [1.54, 1.807) is 30.3 Å². The lowest BCUT2D eigenvalue weighted by Gasteiger charge is -2.06. The smallest absolute Gasteiger partial charge is 0.303 e. The number of hydrogen-bond acceptors (Lipinski definition) is 4. The summed E-state index contributed by atoms with van der Waals surface area (Å²) in [4.78, 5) is 22.7. The summed E-state index contributed by atoms with van der Waals surface area (Å²) in [5.41, 5.74) is 2.92. The van der Waals surface area contributed by atoms with Crippen LogP contribution in [0.5, 0.6) is 11.5 Å². The van der Waals surface area contributed by atoms with Crippen molar-refractivity contribution >= 4 is 17.8 Å². The number of hydrogen-bond donors (Lipinski definition) is 2. The van der Waals surface area contributed by atoms with Gasteiger partial charge in [-0.15, -0.1) is 0 Å². The highest BCUT2D eigenvalue weighted by atomic mass is 16.5. The van der Waals surface area contributed by atoms with Crippen molar-refractivity contribution in [2.24, 2.45) is 0 Å². The molecule has 0 amide bonds. The zero-order valence-electron chi connectivity index (χ0n) is 14.9. The van der Waals surface area contributed by atoms with Gasteiger partial charge in [0.15, 0.2) is 5.78 Å². The Balaban J connectivity index is 1.96. The summed E-state index contributed by atoms with van der Waals surface area (Å²) < 4.78 is 5.44. The van der Waals surface area contributed by atoms with Crippen molar-refractivity contribution in [3.63, 3.8) is 0 Å². The van der Waals surface area contributed by atoms with Gasteiger partial charge in [-0.3, -0.25) is 9.59 Å². The number of ketones is 1. The zero-order valence-corrected chi connectivity index (χ0v) is 14.9. The van der Waals surface area contributed by atoms with Crippen LogP contribution in [-0.4, -0.2) is 28.6 Å². The molecule has 0 saturated carbocycles. The predicted molar refractivity (Wildman–Crippen MR) is 99.8 cm³/mol. The lowest BCUT2D eigenvalue weighted by Crippen LogP contribution is -2.02. The Kier molecular flexibility index (Phi) is 6.55. The van der Waals surface area contributed by atoms with Crippen LogP contribution in [0.15, 0.2) is 42.5 Å². The number of benzene rings is 2. The molecule has 5 heteroatoms. The van der Waals surface area contributed by atoms with Crippen LogP contribution in [0, 0.1) is 13.8 Å². The molecule has 26 heavy (non-hydrogen) atoms. The summed E-state index contributed by atoms with van der Waals surface area (Å²) in [5, 5.41) is 18.4. The van der Waals surface area contributed by atoms with Crippen LogP contribution < -0.4 is 4.74 Å². The van der Waals surface area contributed by atoms with Gasteiger partial charge in [-0.1, -0.05) is 6.08 Å². The Morgan fingerprint density at radius 3 is 2.27 bits per heavy atom. The number of allylic oxidation sites excluding steroid dienone is 1. The summed E-state index contributed by atoms with van der Waals surface area (Å²) in [5.74, 6) is -0.112. The Morgan fingerprint density at radius 1 is 1.08 bits per heavy atom. The van der Waals surface area contributed by atoms with E-state index >= 15 is 0 Å². The van der Waals surface area contributed by atoms with Crippen molar-refractivity contribution in [2.45, 2.75) is 26.7 Å². The maximum absolute atomic E-state index is 12.3. The van der Waals surface area contributed by atoms with E-state index in [1.165, 1.54) is 6.08 Å². The molecular formula is C21H22O5. The van der Waals surface area contributed by atoms with Gasteiger partial charge in [0.2, 0.25) is 0 Å². The molecule has 0 spiro atoms. The van der Waals surface area contributed by atoms with Gasteiger partial charge in [-0.05, 0) is 79.4 Å². The van der Waals surface area contributed by atoms with Crippen molar-refractivity contribution < 1.29 is 24.5 Å². The highest BCUT2D eigenvalue weighted by molar-refractivity contribution is 6.06. The molecule has 0 bridgehead atoms. The van der Waals surface area contributed by atoms with E-state index in [2.05, 4.69) is 0 Å². The van der Waals surface area contributed by atoms with Crippen LogP contribution in [0.25, 0.3) is 6.08 Å². The van der Waals surface area contributed by atoms with E-state index < -0.39 is 5.97 Å². The normalized spacial score (nSPS) is 10.8. The summed E-state index contributed by atoms with van der Waals surface area (Å²) in [6.07, 6.45) is 3.72. The maximum atomic E-state index is 12.3. The molecule has 0 aromatic heterocycles. The highest BCUT2D eigenvalue weighted by Gasteiger charge is 2.05. The van der Waals surface area contributed by atoms with Crippen molar-refractivity contribution in [1.29, 1.82) is 0 Å². The van der Waals surface area contributed by atoms with Gasteiger partial charge in [0.25, 0.3) is 0 Å². The fourth-order valence-electron chi connectivity index (χ4n) is 2.48. The second-order valence-corrected chi connectivity index (χ2v) is 6.07. The Bertz CT molecular complexity index is 796. The molecule has 0 heterocycles. The minimum Gasteiger partial charge on any atom is -0.507 e. The van der Waals surface area contributed by atoms with Crippen LogP contribution in [0.3, 0.4) is 0 Å². The third-order valence-corrected chi connectivity index (χ3v) is 3.88. The van der Waals surface area contributed by atoms with Gasteiger partial charge < -0.3 is 14.9 Å². The molecule has 0 saturated heterocycles. The quantitative estimate of drug-likeness (QED) is 0.423. The standard InChI is InChI=1S/C21H22O5/c1-14-12-16(13-15(2)21(14)25)5-10-19(22)17-6-8-18(9-7-17)26-11-3-4-20(23)24/h5-10,12-13,25H,3-4,11H2,1-2H3,(H,23,24)/b10-5+. The van der Waals surface area contributed by atoms with Crippen LogP contribution in [0.4, 0.5) is 0 Å². The molecule has 0 fully saturated rings. The summed E-state index contributed by atoms with van der Waals surface area (Å²) in [6, 6.07) is 10.4. The first-order valence-corrected chi connectivity index (χ1v) is 8.34. The number of carboxylic acid groups (broad SMARTS) is 1. The second-order valence-electron chi connectivity index (χ2n) is 6.07. The zero-order chi connectivity index (χ0) is 19.1. The lowest BCUT2D eigenvalue weighted by atomic mass is 10.0. The summed E-state index contributed by atoms with van der Waals surface area (Å²) >= 11 is 0. The van der Waals surface area contributed by atoms with Crippen LogP contribution >= 0.6 is 0 Å². The number of carboxylic acids is 1. The number of rotatable bonds is 8. The lowest BCUT2D eigenvalue weighted by molar-refractivity contribution is -0.137. The molecule has 0 unspecified atom stereocenters. The fraction of sp³-hybridized carbons (Fsp3) is 0.238. The summed E-state index contributed by atoms with van der Waals surface area (Å²) in [7, 11) is 0. The molecule has 2 aromatic carbocycles. The van der Waals surface area contributed by atoms with Gasteiger partial charge in [0.1, 0.15) is 11.5 Å². The minimum absolute atomic E-state index is 0.0670. The van der Waals surface area contributed by atoms with E-state index in [0.29, 0.717) is 24.3 Å². The molecule has 2 aromatic rings. The number of aliphatic carboxylic acids is 1. The average Bonchev–Trinajstić information content (AvgIpc) is 2.61. The van der Waals surface area contributed by atoms with E-state index in [-0.39, 0.29) is 18.0 Å². The number of ether oxygens (including phenoxy) is 1. The fourth-order valence-corrected chi connectivity index (χ4v) is 2.48. The molecule has 0 atom stereocenters. The molecular weight excluding hydrogens is 332 g/mol. The maximum Gasteiger partial charge on any atom is 0.303 e. The molecule has 5 nitrogen and oxygen atoms in total. The van der Waals surface area contributed by atoms with Crippen LogP contribution in [0.2, 0.25) is 0 Å². The van der Waals surface area contributed by atoms with Gasteiger partial charge in [-0.2, -0.15) is 0 Å². The monoisotopic (exact) mass is 354 g/mol. The Hall–Kier alpha value is -3.08. The van der Waals surface area contributed by atoms with Gasteiger partial charge in [0.05, 0.1) is 6.61 Å². The molecule has 2 rings (SSSR count). The van der Waals surface area contributed by atoms with Crippen LogP contribution in [-0.2, 0) is 4.79 Å². The first-order valence-electron chi connectivity index (χ1n) is 8.34. The predicted octanol–water partition coefficient (Wildman–Crippen LogP) is 4.15. The molecule has 0 aliphatic rings. The van der Waals surface area contributed by atoms with Crippen molar-refractivity contribution in [3.8, 4) is 11.5 Å². The van der Waals surface area contributed by atoms with Crippen molar-refractivity contribution in [1.82, 2.24) is 0 Å². The molecule has 0 aliphatic carbocycles. The van der Waals surface area contributed by atoms with Gasteiger partial charge >= 0.3 is 5.97 Å². The number of carbonyl (C=O) groups is 2. The SMILES string of the molecule is Cc1cc(/C=C/C(=O)c2ccc(OCCCC(=O)O)cc2)cc(C)c1O. The number of phenolic OH excluding ortho intramolecular Hbond substituents is 1. The number of phenols is 1. The van der Waals surface area contributed by atoms with Crippen LogP contribution in [0.1, 0.15) is 39.9 Å². The topological polar surface area (TPSA) is 83.8 Å². The average molecular weight is 354 g/mol. The molecule has 0 aliphatic heterocycles. The highest BCUT2D eigenvalue weighted by Crippen LogP contribution is 2.23. The number of aromatic hydroxyl groups is 1. The molecule has 0 radical (unpaired) electrons. The first kappa shape index (κ1) is 19.2. The van der Waals surface area contributed by atoms with Gasteiger partial charge in [-0.25, -0.2) is 0 Å². The van der Waals surface area contributed by atoms with E-state index in [4.69, 9.17) is 9.84 Å². The Morgan fingerprint density at radius 2 is 1.69 bits per heavy atom. The molecule has 136 valence electrons. The number of aryl methyl sites for hydroxylation is 2. The second kappa shape index (κ2) is 8.85. The number of carbonyl (C=O) groups excluding carboxylic acids is 1. The first-order chi connectivity index (χ1) is 12.4. The van der Waals surface area contributed by atoms with Gasteiger partial charge in [0, 0.05) is 12.0 Å². The van der Waals surface area contributed by atoms with Crippen molar-refractivity contribution in [2.75, 3.05) is 6.61 Å². The third-order valence-electron chi connectivity index (χ3n) is 3.88. The van der Waals surface area contributed by atoms with E-state index in [0.717, 1.165) is 16.7 Å². The van der Waals surface area contributed by atoms with E-state index in [9.17, 15) is 14.7 Å². The minimum atomic E-state index is -0.847. The van der Waals surface area contributed by atoms with Crippen molar-refractivity contribution in [3.05, 3.63) is 64.7 Å². The summed E-state index contributed by atoms with van der Waals surface area (Å²) in [6.45, 7) is 3.95. The Labute approximate surface area is 152 Å². The molecule has 2 N–H and O–H groups in total. The largest absolute Gasteiger partial charge is 0.507 e. The van der Waals surface area contributed by atoms with E-state index in [1.807, 2.05) is 26.0 Å².